The van der Waals surface area contributed by atoms with Crippen LogP contribution in [0.4, 0.5) is 13.2 Å². The van der Waals surface area contributed by atoms with Crippen LogP contribution in [0.15, 0.2) is 0 Å². The Hall–Kier alpha value is -0.250. The molecule has 80 valence electrons. The zero-order chi connectivity index (χ0) is 10.5. The fourth-order valence-electron chi connectivity index (χ4n) is 1.51. The number of rotatable bonds is 5. The van der Waals surface area contributed by atoms with Crippen molar-refractivity contribution in [1.29, 1.82) is 0 Å². The SMILES string of the molecule is CC[N+](CC)(CC)CCC(F)(F)F. The van der Waals surface area contributed by atoms with Crippen molar-refractivity contribution in [2.75, 3.05) is 26.2 Å². The highest BCUT2D eigenvalue weighted by molar-refractivity contribution is 4.50. The molecule has 0 aliphatic rings. The molecule has 0 aliphatic heterocycles. The fourth-order valence-corrected chi connectivity index (χ4v) is 1.51. The molecule has 0 aromatic heterocycles. The predicted octanol–water partition coefficient (Wildman–Crippen LogP) is 2.82. The van der Waals surface area contributed by atoms with Crippen LogP contribution in [0.3, 0.4) is 0 Å². The van der Waals surface area contributed by atoms with Gasteiger partial charge in [-0.25, -0.2) is 0 Å². The molecular weight excluding hydrogens is 179 g/mol. The van der Waals surface area contributed by atoms with Gasteiger partial charge in [0.1, 0.15) is 0 Å². The summed E-state index contributed by atoms with van der Waals surface area (Å²) in [5.41, 5.74) is 0. The summed E-state index contributed by atoms with van der Waals surface area (Å²) < 4.78 is 36.5. The van der Waals surface area contributed by atoms with E-state index < -0.39 is 12.6 Å². The largest absolute Gasteiger partial charge is 0.394 e. The molecular formula is C9H19F3N+. The van der Waals surface area contributed by atoms with Crippen molar-refractivity contribution in [3.63, 3.8) is 0 Å². The number of hydrogen-bond donors (Lipinski definition) is 0. The Kier molecular flexibility index (Phi) is 4.75. The van der Waals surface area contributed by atoms with Crippen molar-refractivity contribution in [2.24, 2.45) is 0 Å². The van der Waals surface area contributed by atoms with E-state index in [1.165, 1.54) is 0 Å². The first-order valence-corrected chi connectivity index (χ1v) is 4.81. The van der Waals surface area contributed by atoms with Crippen LogP contribution in [0.2, 0.25) is 0 Å². The maximum atomic E-state index is 12.0. The van der Waals surface area contributed by atoms with Crippen molar-refractivity contribution in [3.8, 4) is 0 Å². The molecule has 0 aromatic rings. The lowest BCUT2D eigenvalue weighted by Gasteiger charge is -2.36. The van der Waals surface area contributed by atoms with E-state index in [1.807, 2.05) is 20.8 Å². The van der Waals surface area contributed by atoms with Gasteiger partial charge in [-0.1, -0.05) is 0 Å². The molecule has 0 aromatic carbocycles. The second-order valence-electron chi connectivity index (χ2n) is 3.38. The van der Waals surface area contributed by atoms with E-state index in [9.17, 15) is 13.2 Å². The molecule has 0 rings (SSSR count). The van der Waals surface area contributed by atoms with E-state index in [-0.39, 0.29) is 6.54 Å². The zero-order valence-electron chi connectivity index (χ0n) is 8.62. The fraction of sp³-hybridized carbons (Fsp3) is 1.00. The number of halogens is 3. The first-order valence-electron chi connectivity index (χ1n) is 4.81. The van der Waals surface area contributed by atoms with Gasteiger partial charge < -0.3 is 4.48 Å². The predicted molar refractivity (Wildman–Crippen MR) is 47.4 cm³/mol. The molecule has 0 N–H and O–H groups in total. The van der Waals surface area contributed by atoms with Gasteiger partial charge in [0.25, 0.3) is 0 Å². The average Bonchev–Trinajstić information content (AvgIpc) is 2.06. The molecule has 1 nitrogen and oxygen atoms in total. The molecule has 0 aliphatic carbocycles. The van der Waals surface area contributed by atoms with Gasteiger partial charge in [-0.15, -0.1) is 0 Å². The standard InChI is InChI=1S/C9H19F3N/c1-4-13(5-2,6-3)8-7-9(10,11)12/h4-8H2,1-3H3/q+1. The number of alkyl halides is 3. The van der Waals surface area contributed by atoms with Gasteiger partial charge in [-0.05, 0) is 20.8 Å². The van der Waals surface area contributed by atoms with Crippen LogP contribution in [-0.2, 0) is 0 Å². The van der Waals surface area contributed by atoms with Crippen molar-refractivity contribution in [3.05, 3.63) is 0 Å². The number of hydrogen-bond acceptors (Lipinski definition) is 0. The minimum Gasteiger partial charge on any atom is -0.324 e. The molecule has 0 bridgehead atoms. The molecule has 4 heteroatoms. The van der Waals surface area contributed by atoms with Crippen LogP contribution in [-0.4, -0.2) is 36.8 Å². The molecule has 0 spiro atoms. The highest BCUT2D eigenvalue weighted by atomic mass is 19.4. The van der Waals surface area contributed by atoms with Crippen molar-refractivity contribution in [1.82, 2.24) is 0 Å². The Morgan fingerprint density at radius 1 is 0.923 bits per heavy atom. The van der Waals surface area contributed by atoms with Gasteiger partial charge in [-0.3, -0.25) is 0 Å². The highest BCUT2D eigenvalue weighted by Crippen LogP contribution is 2.22. The molecule has 0 radical (unpaired) electrons. The van der Waals surface area contributed by atoms with Crippen LogP contribution < -0.4 is 0 Å². The van der Waals surface area contributed by atoms with Gasteiger partial charge in [0.15, 0.2) is 0 Å². The average molecular weight is 198 g/mol. The van der Waals surface area contributed by atoms with Gasteiger partial charge in [0.2, 0.25) is 0 Å². The Morgan fingerprint density at radius 3 is 1.54 bits per heavy atom. The van der Waals surface area contributed by atoms with Gasteiger partial charge in [0.05, 0.1) is 32.6 Å². The Balaban J connectivity index is 4.11. The molecule has 0 saturated heterocycles. The van der Waals surface area contributed by atoms with Gasteiger partial charge in [0, 0.05) is 0 Å². The van der Waals surface area contributed by atoms with Crippen LogP contribution in [0.1, 0.15) is 27.2 Å². The molecule has 0 unspecified atom stereocenters. The smallest absolute Gasteiger partial charge is 0.324 e. The third-order valence-electron chi connectivity index (χ3n) is 2.88. The lowest BCUT2D eigenvalue weighted by molar-refractivity contribution is -0.924. The summed E-state index contributed by atoms with van der Waals surface area (Å²) >= 11 is 0. The minimum absolute atomic E-state index is 0.215. The van der Waals surface area contributed by atoms with Crippen LogP contribution in [0.25, 0.3) is 0 Å². The van der Waals surface area contributed by atoms with Crippen LogP contribution in [0, 0.1) is 0 Å². The lowest BCUT2D eigenvalue weighted by atomic mass is 10.3. The summed E-state index contributed by atoms with van der Waals surface area (Å²) in [6.07, 6.45) is -4.68. The zero-order valence-corrected chi connectivity index (χ0v) is 8.62. The molecule has 0 amide bonds. The van der Waals surface area contributed by atoms with E-state index in [4.69, 9.17) is 0 Å². The van der Waals surface area contributed by atoms with Crippen molar-refractivity contribution >= 4 is 0 Å². The summed E-state index contributed by atoms with van der Waals surface area (Å²) in [6.45, 7) is 8.40. The third-order valence-corrected chi connectivity index (χ3v) is 2.88. The normalized spacial score (nSPS) is 13.4. The second-order valence-corrected chi connectivity index (χ2v) is 3.38. The Bertz CT molecular complexity index is 130. The first-order chi connectivity index (χ1) is 5.89. The van der Waals surface area contributed by atoms with Crippen LogP contribution in [0.5, 0.6) is 0 Å². The maximum absolute atomic E-state index is 12.0. The molecule has 0 heterocycles. The third kappa shape index (κ3) is 4.50. The summed E-state index contributed by atoms with van der Waals surface area (Å²) in [4.78, 5) is 0. The summed E-state index contributed by atoms with van der Waals surface area (Å²) in [5, 5.41) is 0. The summed E-state index contributed by atoms with van der Waals surface area (Å²) in [5.74, 6) is 0. The minimum atomic E-state index is -4.01. The first kappa shape index (κ1) is 12.8. The van der Waals surface area contributed by atoms with Crippen molar-refractivity contribution < 1.29 is 17.7 Å². The maximum Gasteiger partial charge on any atom is 0.394 e. The quantitative estimate of drug-likeness (QED) is 0.596. The number of nitrogens with zero attached hydrogens (tertiary/aromatic N) is 1. The summed E-state index contributed by atoms with van der Waals surface area (Å²) in [6, 6.07) is 0. The second kappa shape index (κ2) is 4.84. The lowest BCUT2D eigenvalue weighted by Crippen LogP contribution is -2.49. The van der Waals surface area contributed by atoms with E-state index in [0.29, 0.717) is 4.48 Å². The molecule has 13 heavy (non-hydrogen) atoms. The Labute approximate surface area is 78.1 Å². The topological polar surface area (TPSA) is 0 Å². The van der Waals surface area contributed by atoms with Gasteiger partial charge in [-0.2, -0.15) is 13.2 Å². The van der Waals surface area contributed by atoms with E-state index in [2.05, 4.69) is 0 Å². The molecule has 0 fully saturated rings. The van der Waals surface area contributed by atoms with Crippen molar-refractivity contribution in [2.45, 2.75) is 33.4 Å². The highest BCUT2D eigenvalue weighted by Gasteiger charge is 2.32. The summed E-state index contributed by atoms with van der Waals surface area (Å²) in [7, 11) is 0. The van der Waals surface area contributed by atoms with E-state index >= 15 is 0 Å². The number of quaternary nitrogens is 1. The van der Waals surface area contributed by atoms with E-state index in [0.717, 1.165) is 19.6 Å². The van der Waals surface area contributed by atoms with Crippen LogP contribution >= 0.6 is 0 Å². The van der Waals surface area contributed by atoms with Gasteiger partial charge >= 0.3 is 6.18 Å². The monoisotopic (exact) mass is 198 g/mol. The molecule has 0 saturated carbocycles. The Morgan fingerprint density at radius 2 is 1.31 bits per heavy atom. The molecule has 0 atom stereocenters. The van der Waals surface area contributed by atoms with E-state index in [1.54, 1.807) is 0 Å².